The fraction of sp³-hybridized carbons (Fsp3) is 0.222. The minimum atomic E-state index is -1.16. The Hall–Kier alpha value is -2.53. The lowest BCUT2D eigenvalue weighted by Crippen LogP contribution is -2.20. The van der Waals surface area contributed by atoms with Crippen LogP contribution in [0.3, 0.4) is 0 Å². The van der Waals surface area contributed by atoms with Gasteiger partial charge in [0.25, 0.3) is 5.91 Å². The van der Waals surface area contributed by atoms with Gasteiger partial charge in [0.2, 0.25) is 0 Å². The van der Waals surface area contributed by atoms with E-state index in [0.29, 0.717) is 17.4 Å². The normalized spacial score (nSPS) is 10.5. The summed E-state index contributed by atoms with van der Waals surface area (Å²) in [6.07, 6.45) is 0. The van der Waals surface area contributed by atoms with Crippen molar-refractivity contribution < 1.29 is 19.4 Å². The highest BCUT2D eigenvalue weighted by Crippen LogP contribution is 2.21. The molecular formula is C18H18ClNO4. The summed E-state index contributed by atoms with van der Waals surface area (Å²) in [5.41, 5.74) is 1.47. The molecule has 0 heterocycles. The number of carbonyl (C=O) groups is 2. The Labute approximate surface area is 145 Å². The molecule has 0 saturated heterocycles. The van der Waals surface area contributed by atoms with Crippen LogP contribution in [-0.2, 0) is 4.79 Å². The van der Waals surface area contributed by atoms with E-state index in [-0.39, 0.29) is 23.1 Å². The van der Waals surface area contributed by atoms with E-state index in [1.807, 2.05) is 24.3 Å². The van der Waals surface area contributed by atoms with Gasteiger partial charge in [-0.2, -0.15) is 0 Å². The molecule has 0 bridgehead atoms. The van der Waals surface area contributed by atoms with E-state index in [9.17, 15) is 9.59 Å². The zero-order valence-corrected chi connectivity index (χ0v) is 14.1. The van der Waals surface area contributed by atoms with Gasteiger partial charge >= 0.3 is 5.97 Å². The lowest BCUT2D eigenvalue weighted by molar-refractivity contribution is -0.118. The van der Waals surface area contributed by atoms with E-state index in [1.165, 1.54) is 23.8 Å². The first-order valence-electron chi connectivity index (χ1n) is 7.42. The summed E-state index contributed by atoms with van der Waals surface area (Å²) in [5.74, 6) is -0.522. The summed E-state index contributed by atoms with van der Waals surface area (Å²) < 4.78 is 5.42. The Kier molecular flexibility index (Phi) is 5.82. The monoisotopic (exact) mass is 347 g/mol. The maximum atomic E-state index is 11.9. The molecule has 0 aliphatic rings. The van der Waals surface area contributed by atoms with E-state index in [1.54, 1.807) is 0 Å². The predicted molar refractivity (Wildman–Crippen MR) is 93.1 cm³/mol. The summed E-state index contributed by atoms with van der Waals surface area (Å²) in [7, 11) is 0. The molecule has 0 aromatic heterocycles. The first-order valence-corrected chi connectivity index (χ1v) is 7.80. The van der Waals surface area contributed by atoms with Crippen molar-refractivity contribution in [3.05, 3.63) is 58.6 Å². The van der Waals surface area contributed by atoms with Crippen molar-refractivity contribution in [3.8, 4) is 5.75 Å². The van der Waals surface area contributed by atoms with Crippen LogP contribution in [0.5, 0.6) is 5.75 Å². The number of anilines is 1. The quantitative estimate of drug-likeness (QED) is 0.822. The number of benzene rings is 2. The molecule has 1 amide bonds. The Morgan fingerprint density at radius 1 is 1.17 bits per heavy atom. The molecule has 5 nitrogen and oxygen atoms in total. The minimum absolute atomic E-state index is 0.0698. The van der Waals surface area contributed by atoms with Crippen molar-refractivity contribution in [2.45, 2.75) is 19.8 Å². The van der Waals surface area contributed by atoms with Gasteiger partial charge in [0.1, 0.15) is 5.75 Å². The van der Waals surface area contributed by atoms with Crippen LogP contribution in [0.25, 0.3) is 0 Å². The Morgan fingerprint density at radius 2 is 1.83 bits per heavy atom. The third-order valence-corrected chi connectivity index (χ3v) is 3.73. The number of carboxylic acid groups (broad SMARTS) is 1. The van der Waals surface area contributed by atoms with Crippen molar-refractivity contribution >= 4 is 29.2 Å². The van der Waals surface area contributed by atoms with E-state index in [0.717, 1.165) is 0 Å². The van der Waals surface area contributed by atoms with Crippen molar-refractivity contribution in [1.82, 2.24) is 0 Å². The average Bonchev–Trinajstić information content (AvgIpc) is 2.55. The van der Waals surface area contributed by atoms with Gasteiger partial charge in [-0.15, -0.1) is 0 Å². The van der Waals surface area contributed by atoms with Crippen molar-refractivity contribution in [3.63, 3.8) is 0 Å². The van der Waals surface area contributed by atoms with Crippen LogP contribution in [0.1, 0.15) is 35.7 Å². The molecule has 2 rings (SSSR count). The molecule has 0 atom stereocenters. The van der Waals surface area contributed by atoms with Crippen molar-refractivity contribution in [2.75, 3.05) is 11.9 Å². The van der Waals surface area contributed by atoms with Crippen LogP contribution >= 0.6 is 11.6 Å². The smallest absolute Gasteiger partial charge is 0.337 e. The fourth-order valence-corrected chi connectivity index (χ4v) is 2.26. The second-order valence-electron chi connectivity index (χ2n) is 5.56. The molecule has 0 saturated carbocycles. The van der Waals surface area contributed by atoms with Gasteiger partial charge in [0.15, 0.2) is 6.61 Å². The van der Waals surface area contributed by atoms with Crippen LogP contribution in [0.4, 0.5) is 5.69 Å². The molecule has 0 unspecified atom stereocenters. The topological polar surface area (TPSA) is 75.6 Å². The largest absolute Gasteiger partial charge is 0.484 e. The molecule has 2 N–H and O–H groups in total. The highest BCUT2D eigenvalue weighted by Gasteiger charge is 2.11. The number of hydrogen-bond acceptors (Lipinski definition) is 3. The fourth-order valence-electron chi connectivity index (χ4n) is 2.06. The summed E-state index contributed by atoms with van der Waals surface area (Å²) >= 11 is 5.79. The minimum Gasteiger partial charge on any atom is -0.484 e. The predicted octanol–water partition coefficient (Wildman–Crippen LogP) is 4.18. The maximum absolute atomic E-state index is 11.9. The number of rotatable bonds is 6. The average molecular weight is 348 g/mol. The maximum Gasteiger partial charge on any atom is 0.337 e. The Morgan fingerprint density at radius 3 is 2.42 bits per heavy atom. The molecule has 0 fully saturated rings. The van der Waals surface area contributed by atoms with Gasteiger partial charge in [-0.1, -0.05) is 37.6 Å². The highest BCUT2D eigenvalue weighted by atomic mass is 35.5. The number of hydrogen-bond donors (Lipinski definition) is 2. The Balaban J connectivity index is 1.94. The lowest BCUT2D eigenvalue weighted by Gasteiger charge is -2.10. The first-order chi connectivity index (χ1) is 11.4. The van der Waals surface area contributed by atoms with Gasteiger partial charge in [0.05, 0.1) is 10.6 Å². The molecular weight excluding hydrogens is 330 g/mol. The van der Waals surface area contributed by atoms with E-state index in [2.05, 4.69) is 19.2 Å². The van der Waals surface area contributed by atoms with Crippen LogP contribution in [0, 0.1) is 0 Å². The third kappa shape index (κ3) is 4.73. The van der Waals surface area contributed by atoms with Gasteiger partial charge in [0, 0.05) is 5.69 Å². The Bertz CT molecular complexity index is 741. The standard InChI is InChI=1S/C18H18ClNO4/c1-11(2)12-3-6-14(7-4-12)24-10-17(21)20-13-5-8-16(19)15(9-13)18(22)23/h3-9,11H,10H2,1-2H3,(H,20,21)(H,22,23). The van der Waals surface area contributed by atoms with Crippen molar-refractivity contribution in [1.29, 1.82) is 0 Å². The first kappa shape index (κ1) is 17.8. The summed E-state index contributed by atoms with van der Waals surface area (Å²) in [4.78, 5) is 22.9. The summed E-state index contributed by atoms with van der Waals surface area (Å²) in [6.45, 7) is 4.02. The zero-order chi connectivity index (χ0) is 17.7. The van der Waals surface area contributed by atoms with Gasteiger partial charge in [-0.3, -0.25) is 4.79 Å². The highest BCUT2D eigenvalue weighted by molar-refractivity contribution is 6.33. The second-order valence-corrected chi connectivity index (χ2v) is 5.97. The number of ether oxygens (including phenoxy) is 1. The van der Waals surface area contributed by atoms with Crippen molar-refractivity contribution in [2.24, 2.45) is 0 Å². The van der Waals surface area contributed by atoms with Crippen LogP contribution in [-0.4, -0.2) is 23.6 Å². The number of aromatic carboxylic acids is 1. The summed E-state index contributed by atoms with van der Waals surface area (Å²) in [6, 6.07) is 11.8. The zero-order valence-electron chi connectivity index (χ0n) is 13.4. The van der Waals surface area contributed by atoms with Crippen LogP contribution < -0.4 is 10.1 Å². The molecule has 6 heteroatoms. The molecule has 0 spiro atoms. The van der Waals surface area contributed by atoms with Crippen LogP contribution in [0.2, 0.25) is 5.02 Å². The lowest BCUT2D eigenvalue weighted by atomic mass is 10.0. The molecule has 0 aliphatic carbocycles. The molecule has 2 aromatic rings. The van der Waals surface area contributed by atoms with E-state index in [4.69, 9.17) is 21.4 Å². The van der Waals surface area contributed by atoms with E-state index < -0.39 is 5.97 Å². The second kappa shape index (κ2) is 7.84. The number of halogens is 1. The SMILES string of the molecule is CC(C)c1ccc(OCC(=O)Nc2ccc(Cl)c(C(=O)O)c2)cc1. The van der Waals surface area contributed by atoms with Crippen LogP contribution in [0.15, 0.2) is 42.5 Å². The molecule has 0 radical (unpaired) electrons. The molecule has 0 aliphatic heterocycles. The number of nitrogens with one attached hydrogen (secondary N) is 1. The molecule has 126 valence electrons. The molecule has 24 heavy (non-hydrogen) atoms. The molecule has 2 aromatic carbocycles. The van der Waals surface area contributed by atoms with Gasteiger partial charge in [-0.05, 0) is 41.8 Å². The third-order valence-electron chi connectivity index (χ3n) is 3.40. The number of carboxylic acids is 1. The van der Waals surface area contributed by atoms with Gasteiger partial charge < -0.3 is 15.2 Å². The number of carbonyl (C=O) groups excluding carboxylic acids is 1. The number of amides is 1. The van der Waals surface area contributed by atoms with Gasteiger partial charge in [-0.25, -0.2) is 4.79 Å². The summed E-state index contributed by atoms with van der Waals surface area (Å²) in [5, 5.41) is 11.7. The van der Waals surface area contributed by atoms with E-state index >= 15 is 0 Å².